The van der Waals surface area contributed by atoms with Crippen LogP contribution in [0.15, 0.2) is 18.2 Å². The number of benzene rings is 1. The predicted molar refractivity (Wildman–Crippen MR) is 50.6 cm³/mol. The van der Waals surface area contributed by atoms with E-state index in [2.05, 4.69) is 0 Å². The van der Waals surface area contributed by atoms with Crippen molar-refractivity contribution in [3.05, 3.63) is 29.3 Å². The second kappa shape index (κ2) is 4.10. The van der Waals surface area contributed by atoms with Gasteiger partial charge in [-0.05, 0) is 30.2 Å². The van der Waals surface area contributed by atoms with Crippen LogP contribution < -0.4 is 5.73 Å². The molecule has 84 valence electrons. The van der Waals surface area contributed by atoms with Gasteiger partial charge in [0.05, 0.1) is 5.56 Å². The lowest BCUT2D eigenvalue weighted by Gasteiger charge is -2.13. The highest BCUT2D eigenvalue weighted by Gasteiger charge is 2.31. The van der Waals surface area contributed by atoms with Crippen LogP contribution in [-0.2, 0) is 6.18 Å². The van der Waals surface area contributed by atoms with Crippen LogP contribution in [0.2, 0.25) is 0 Å². The minimum absolute atomic E-state index is 0.160. The lowest BCUT2D eigenvalue weighted by Crippen LogP contribution is -2.10. The van der Waals surface area contributed by atoms with Crippen LogP contribution in [0.3, 0.4) is 0 Å². The first-order valence-corrected chi connectivity index (χ1v) is 4.46. The molecule has 2 nitrogen and oxygen atoms in total. The first-order valence-electron chi connectivity index (χ1n) is 4.46. The Balaban J connectivity index is 3.09. The molecular weight excluding hydrogens is 207 g/mol. The van der Waals surface area contributed by atoms with Gasteiger partial charge in [-0.25, -0.2) is 0 Å². The first-order chi connectivity index (χ1) is 6.86. The zero-order chi connectivity index (χ0) is 11.6. The number of hydrogen-bond acceptors (Lipinski definition) is 2. The zero-order valence-corrected chi connectivity index (χ0v) is 8.17. The molecule has 0 bridgehead atoms. The molecule has 5 heteroatoms. The Morgan fingerprint density at radius 2 is 2.00 bits per heavy atom. The third-order valence-corrected chi connectivity index (χ3v) is 2.24. The van der Waals surface area contributed by atoms with Crippen LogP contribution in [0.4, 0.5) is 13.2 Å². The van der Waals surface area contributed by atoms with Gasteiger partial charge >= 0.3 is 6.18 Å². The van der Waals surface area contributed by atoms with Gasteiger partial charge in [-0.1, -0.05) is 13.0 Å². The predicted octanol–water partition coefficient (Wildman–Crippen LogP) is 2.47. The van der Waals surface area contributed by atoms with Gasteiger partial charge in [0, 0.05) is 0 Å². The Hall–Kier alpha value is -1.23. The Kier molecular flexibility index (Phi) is 3.24. The monoisotopic (exact) mass is 219 g/mol. The van der Waals surface area contributed by atoms with E-state index in [1.807, 2.05) is 0 Å². The summed E-state index contributed by atoms with van der Waals surface area (Å²) in [6.45, 7) is 2.02. The third-order valence-electron chi connectivity index (χ3n) is 2.24. The molecule has 0 spiro atoms. The summed E-state index contributed by atoms with van der Waals surface area (Å²) in [6.07, 6.45) is -4.43. The van der Waals surface area contributed by atoms with Crippen LogP contribution >= 0.6 is 0 Å². The topological polar surface area (TPSA) is 46.2 Å². The highest BCUT2D eigenvalue weighted by Crippen LogP contribution is 2.34. The van der Waals surface area contributed by atoms with Crippen molar-refractivity contribution in [1.82, 2.24) is 0 Å². The molecule has 1 aromatic carbocycles. The summed E-state index contributed by atoms with van der Waals surface area (Å²) in [5.74, 6) is -0.518. The van der Waals surface area contributed by atoms with Crippen LogP contribution in [0.1, 0.15) is 24.0 Å². The highest BCUT2D eigenvalue weighted by molar-refractivity contribution is 5.39. The standard InChI is InChI=1S/C10H12F3NO/c1-6(5-14)8-3-2-7(4-9(8)15)10(11,12)13/h2-4,6,15H,5,14H2,1H3. The van der Waals surface area contributed by atoms with E-state index in [1.54, 1.807) is 6.92 Å². The van der Waals surface area contributed by atoms with Gasteiger partial charge in [0.15, 0.2) is 0 Å². The van der Waals surface area contributed by atoms with E-state index < -0.39 is 11.7 Å². The van der Waals surface area contributed by atoms with Crippen molar-refractivity contribution in [2.45, 2.75) is 19.0 Å². The van der Waals surface area contributed by atoms with Crippen molar-refractivity contribution in [3.63, 3.8) is 0 Å². The Morgan fingerprint density at radius 1 is 1.40 bits per heavy atom. The molecule has 1 rings (SSSR count). The van der Waals surface area contributed by atoms with E-state index in [4.69, 9.17) is 5.73 Å². The number of phenols is 1. The number of rotatable bonds is 2. The minimum atomic E-state index is -4.43. The summed E-state index contributed by atoms with van der Waals surface area (Å²) >= 11 is 0. The molecule has 0 saturated heterocycles. The smallest absolute Gasteiger partial charge is 0.416 e. The fourth-order valence-corrected chi connectivity index (χ4v) is 1.26. The summed E-state index contributed by atoms with van der Waals surface area (Å²) in [5.41, 5.74) is 4.95. The van der Waals surface area contributed by atoms with E-state index >= 15 is 0 Å². The van der Waals surface area contributed by atoms with Crippen molar-refractivity contribution < 1.29 is 18.3 Å². The maximum Gasteiger partial charge on any atom is 0.416 e. The van der Waals surface area contributed by atoms with E-state index in [1.165, 1.54) is 6.07 Å². The second-order valence-corrected chi connectivity index (χ2v) is 3.41. The lowest BCUT2D eigenvalue weighted by molar-refractivity contribution is -0.137. The van der Waals surface area contributed by atoms with Gasteiger partial charge in [-0.2, -0.15) is 13.2 Å². The Labute approximate surface area is 85.5 Å². The average molecular weight is 219 g/mol. The van der Waals surface area contributed by atoms with Crippen LogP contribution in [-0.4, -0.2) is 11.7 Å². The Bertz CT molecular complexity index is 349. The molecule has 0 fully saturated rings. The Morgan fingerprint density at radius 3 is 2.40 bits per heavy atom. The van der Waals surface area contributed by atoms with Crippen molar-refractivity contribution in [2.75, 3.05) is 6.54 Å². The molecule has 3 N–H and O–H groups in total. The van der Waals surface area contributed by atoms with Crippen LogP contribution in [0, 0.1) is 0 Å². The van der Waals surface area contributed by atoms with Gasteiger partial charge in [0.25, 0.3) is 0 Å². The second-order valence-electron chi connectivity index (χ2n) is 3.41. The molecule has 1 atom stereocenters. The molecule has 0 aromatic heterocycles. The summed E-state index contributed by atoms with van der Waals surface area (Å²) in [4.78, 5) is 0. The van der Waals surface area contributed by atoms with E-state index in [-0.39, 0.29) is 18.2 Å². The normalized spacial score (nSPS) is 13.9. The molecule has 0 radical (unpaired) electrons. The maximum absolute atomic E-state index is 12.2. The zero-order valence-electron chi connectivity index (χ0n) is 8.17. The minimum Gasteiger partial charge on any atom is -0.508 e. The van der Waals surface area contributed by atoms with Crippen molar-refractivity contribution in [3.8, 4) is 5.75 Å². The average Bonchev–Trinajstić information content (AvgIpc) is 2.15. The molecule has 15 heavy (non-hydrogen) atoms. The van der Waals surface area contributed by atoms with E-state index in [0.29, 0.717) is 5.56 Å². The van der Waals surface area contributed by atoms with Gasteiger partial charge in [0.2, 0.25) is 0 Å². The molecule has 0 saturated carbocycles. The quantitative estimate of drug-likeness (QED) is 0.802. The van der Waals surface area contributed by atoms with Gasteiger partial charge in [0.1, 0.15) is 5.75 Å². The number of alkyl halides is 3. The summed E-state index contributed by atoms with van der Waals surface area (Å²) < 4.78 is 36.7. The number of phenolic OH excluding ortho intramolecular Hbond substituents is 1. The first kappa shape index (κ1) is 11.8. The van der Waals surface area contributed by atoms with E-state index in [0.717, 1.165) is 12.1 Å². The van der Waals surface area contributed by atoms with Crippen molar-refractivity contribution in [2.24, 2.45) is 5.73 Å². The van der Waals surface area contributed by atoms with Gasteiger partial charge in [-0.3, -0.25) is 0 Å². The molecule has 0 aliphatic rings. The molecule has 0 aliphatic carbocycles. The number of halogens is 3. The summed E-state index contributed by atoms with van der Waals surface area (Å²) in [5, 5.41) is 9.40. The number of nitrogens with two attached hydrogens (primary N) is 1. The van der Waals surface area contributed by atoms with Crippen molar-refractivity contribution >= 4 is 0 Å². The summed E-state index contributed by atoms with van der Waals surface area (Å²) in [6, 6.07) is 2.93. The summed E-state index contributed by atoms with van der Waals surface area (Å²) in [7, 11) is 0. The fraction of sp³-hybridized carbons (Fsp3) is 0.400. The molecule has 0 amide bonds. The number of aromatic hydroxyl groups is 1. The lowest BCUT2D eigenvalue weighted by atomic mass is 9.98. The van der Waals surface area contributed by atoms with Crippen LogP contribution in [0.25, 0.3) is 0 Å². The molecular formula is C10H12F3NO. The highest BCUT2D eigenvalue weighted by atomic mass is 19.4. The van der Waals surface area contributed by atoms with Crippen LogP contribution in [0.5, 0.6) is 5.75 Å². The molecule has 1 unspecified atom stereocenters. The SMILES string of the molecule is CC(CN)c1ccc(C(F)(F)F)cc1O. The largest absolute Gasteiger partial charge is 0.508 e. The molecule has 0 aliphatic heterocycles. The molecule has 1 aromatic rings. The number of hydrogen-bond donors (Lipinski definition) is 2. The van der Waals surface area contributed by atoms with E-state index in [9.17, 15) is 18.3 Å². The third kappa shape index (κ3) is 2.62. The van der Waals surface area contributed by atoms with Gasteiger partial charge < -0.3 is 10.8 Å². The molecule has 0 heterocycles. The maximum atomic E-state index is 12.2. The van der Waals surface area contributed by atoms with Gasteiger partial charge in [-0.15, -0.1) is 0 Å². The van der Waals surface area contributed by atoms with Crippen molar-refractivity contribution in [1.29, 1.82) is 0 Å². The fourth-order valence-electron chi connectivity index (χ4n) is 1.26.